The molecule has 0 saturated carbocycles. The van der Waals surface area contributed by atoms with Crippen LogP contribution >= 0.6 is 11.6 Å². The van der Waals surface area contributed by atoms with Crippen molar-refractivity contribution in [2.75, 3.05) is 6.54 Å². The zero-order valence-corrected chi connectivity index (χ0v) is 16.3. The Morgan fingerprint density at radius 2 is 1.52 bits per heavy atom. The maximum atomic E-state index is 12.8. The van der Waals surface area contributed by atoms with Gasteiger partial charge in [0.05, 0.1) is 18.7 Å². The van der Waals surface area contributed by atoms with Crippen molar-refractivity contribution in [1.82, 2.24) is 10.7 Å². The van der Waals surface area contributed by atoms with Crippen molar-refractivity contribution in [3.8, 4) is 0 Å². The molecule has 3 rings (SSSR count). The fourth-order valence-electron chi connectivity index (χ4n) is 2.86. The molecule has 3 aromatic rings. The lowest BCUT2D eigenvalue weighted by molar-refractivity contribution is -0.126. The molecule has 29 heavy (non-hydrogen) atoms. The number of carbonyl (C=O) groups is 2. The van der Waals surface area contributed by atoms with Crippen molar-refractivity contribution in [3.05, 3.63) is 107 Å². The molecule has 0 atom stereocenters. The van der Waals surface area contributed by atoms with Crippen LogP contribution in [0.3, 0.4) is 0 Å². The Bertz CT molecular complexity index is 952. The third-order valence-corrected chi connectivity index (χ3v) is 4.44. The maximum Gasteiger partial charge on any atom is 0.259 e. The summed E-state index contributed by atoms with van der Waals surface area (Å²) in [5.74, 6) is -1.17. The van der Waals surface area contributed by atoms with Crippen LogP contribution in [0.1, 0.15) is 22.6 Å². The van der Waals surface area contributed by atoms with E-state index in [1.165, 1.54) is 6.21 Å². The van der Waals surface area contributed by atoms with Gasteiger partial charge in [-0.1, -0.05) is 84.4 Å². The minimum Gasteiger partial charge on any atom is -0.346 e. The van der Waals surface area contributed by atoms with Crippen LogP contribution in [0.4, 0.5) is 0 Å². The molecule has 0 heterocycles. The molecule has 0 aliphatic heterocycles. The molecule has 0 unspecified atom stereocenters. The van der Waals surface area contributed by atoms with Gasteiger partial charge in [0.25, 0.3) is 5.91 Å². The molecule has 0 bridgehead atoms. The highest BCUT2D eigenvalue weighted by Gasteiger charge is 2.22. The molecule has 0 fully saturated rings. The Balaban J connectivity index is 1.60. The number of carbonyl (C=O) groups excluding carboxylic acids is 2. The van der Waals surface area contributed by atoms with Crippen LogP contribution in [0.5, 0.6) is 0 Å². The van der Waals surface area contributed by atoms with Crippen molar-refractivity contribution in [3.63, 3.8) is 0 Å². The van der Waals surface area contributed by atoms with Crippen molar-refractivity contribution in [2.24, 2.45) is 5.10 Å². The molecular weight excluding hydrogens is 386 g/mol. The first-order valence-electron chi connectivity index (χ1n) is 9.08. The van der Waals surface area contributed by atoms with Gasteiger partial charge >= 0.3 is 0 Å². The smallest absolute Gasteiger partial charge is 0.259 e. The molecular formula is C23H20ClN3O2. The van der Waals surface area contributed by atoms with Gasteiger partial charge in [0, 0.05) is 5.02 Å². The second kappa shape index (κ2) is 10.2. The monoisotopic (exact) mass is 405 g/mol. The molecule has 2 amide bonds. The van der Waals surface area contributed by atoms with Crippen LogP contribution in [0.15, 0.2) is 90.0 Å². The normalized spacial score (nSPS) is 10.8. The molecule has 0 aliphatic carbocycles. The van der Waals surface area contributed by atoms with E-state index >= 15 is 0 Å². The summed E-state index contributed by atoms with van der Waals surface area (Å²) in [6, 6.07) is 26.0. The van der Waals surface area contributed by atoms with E-state index in [9.17, 15) is 9.59 Å². The summed E-state index contributed by atoms with van der Waals surface area (Å²) >= 11 is 5.91. The van der Waals surface area contributed by atoms with Crippen LogP contribution in [-0.4, -0.2) is 24.6 Å². The number of hydrogen-bond acceptors (Lipinski definition) is 3. The lowest BCUT2D eigenvalue weighted by Crippen LogP contribution is -2.37. The van der Waals surface area contributed by atoms with Gasteiger partial charge in [-0.2, -0.15) is 5.10 Å². The summed E-state index contributed by atoms with van der Waals surface area (Å²) in [7, 11) is 0. The van der Waals surface area contributed by atoms with E-state index < -0.39 is 11.8 Å². The quantitative estimate of drug-likeness (QED) is 0.464. The van der Waals surface area contributed by atoms with Crippen molar-refractivity contribution in [2.45, 2.75) is 5.92 Å². The van der Waals surface area contributed by atoms with Crippen LogP contribution in [0.25, 0.3) is 0 Å². The number of hydrogen-bond donors (Lipinski definition) is 2. The lowest BCUT2D eigenvalue weighted by atomic mass is 9.90. The Hall–Kier alpha value is -3.44. The van der Waals surface area contributed by atoms with E-state index in [1.807, 2.05) is 66.7 Å². The number of halogens is 1. The fourth-order valence-corrected chi connectivity index (χ4v) is 3.06. The first kappa shape index (κ1) is 20.3. The van der Waals surface area contributed by atoms with E-state index in [1.54, 1.807) is 18.2 Å². The highest BCUT2D eigenvalue weighted by Crippen LogP contribution is 2.24. The summed E-state index contributed by atoms with van der Waals surface area (Å²) < 4.78 is 0. The van der Waals surface area contributed by atoms with Gasteiger partial charge in [0.2, 0.25) is 5.91 Å². The molecule has 6 heteroatoms. The van der Waals surface area contributed by atoms with Gasteiger partial charge in [-0.05, 0) is 28.8 Å². The molecule has 2 N–H and O–H groups in total. The minimum absolute atomic E-state index is 0.179. The van der Waals surface area contributed by atoms with E-state index in [0.717, 1.165) is 16.7 Å². The first-order valence-corrected chi connectivity index (χ1v) is 9.46. The van der Waals surface area contributed by atoms with Gasteiger partial charge in [-0.3, -0.25) is 9.59 Å². The molecule has 3 aromatic carbocycles. The minimum atomic E-state index is -0.500. The number of rotatable bonds is 7. The second-order valence-corrected chi connectivity index (χ2v) is 6.76. The lowest BCUT2D eigenvalue weighted by Gasteiger charge is -2.17. The predicted molar refractivity (Wildman–Crippen MR) is 115 cm³/mol. The Morgan fingerprint density at radius 3 is 2.10 bits per heavy atom. The summed E-state index contributed by atoms with van der Waals surface area (Å²) in [6.07, 6.45) is 1.49. The number of hydrazone groups is 1. The number of nitrogens with one attached hydrogen (secondary N) is 2. The van der Waals surface area contributed by atoms with Crippen molar-refractivity contribution < 1.29 is 9.59 Å². The van der Waals surface area contributed by atoms with Gasteiger partial charge < -0.3 is 5.32 Å². The molecule has 0 saturated heterocycles. The highest BCUT2D eigenvalue weighted by atomic mass is 35.5. The topological polar surface area (TPSA) is 70.6 Å². The summed E-state index contributed by atoms with van der Waals surface area (Å²) in [5, 5.41) is 7.16. The Morgan fingerprint density at radius 1 is 0.897 bits per heavy atom. The third kappa shape index (κ3) is 6.02. The van der Waals surface area contributed by atoms with Gasteiger partial charge in [0.1, 0.15) is 0 Å². The molecule has 0 radical (unpaired) electrons. The van der Waals surface area contributed by atoms with Crippen LogP contribution in [-0.2, 0) is 9.59 Å². The summed E-state index contributed by atoms with van der Waals surface area (Å²) in [5.41, 5.74) is 4.87. The largest absolute Gasteiger partial charge is 0.346 e. The van der Waals surface area contributed by atoms with E-state index in [-0.39, 0.29) is 12.5 Å². The SMILES string of the molecule is O=C(CNC(=O)C(c1ccccc1)c1ccccc1)NN=Cc1cccc(Cl)c1. The molecule has 5 nitrogen and oxygen atoms in total. The van der Waals surface area contributed by atoms with Gasteiger partial charge in [-0.25, -0.2) is 5.43 Å². The summed E-state index contributed by atoms with van der Waals surface area (Å²) in [4.78, 5) is 24.9. The molecule has 0 aromatic heterocycles. The van der Waals surface area contributed by atoms with Crippen LogP contribution in [0.2, 0.25) is 5.02 Å². The van der Waals surface area contributed by atoms with Crippen LogP contribution < -0.4 is 10.7 Å². The Kier molecular flexibility index (Phi) is 7.14. The molecule has 146 valence electrons. The maximum absolute atomic E-state index is 12.8. The van der Waals surface area contributed by atoms with Gasteiger partial charge in [0.15, 0.2) is 0 Å². The first-order chi connectivity index (χ1) is 14.1. The zero-order chi connectivity index (χ0) is 20.5. The predicted octanol–water partition coefficient (Wildman–Crippen LogP) is 3.74. The van der Waals surface area contributed by atoms with E-state index in [2.05, 4.69) is 15.8 Å². The standard InChI is InChI=1S/C23H20ClN3O2/c24-20-13-7-8-17(14-20)15-26-27-21(28)16-25-23(29)22(18-9-3-1-4-10-18)19-11-5-2-6-12-19/h1-15,22H,16H2,(H,25,29)(H,27,28). The van der Waals surface area contributed by atoms with Crippen molar-refractivity contribution in [1.29, 1.82) is 0 Å². The van der Waals surface area contributed by atoms with Gasteiger partial charge in [-0.15, -0.1) is 0 Å². The van der Waals surface area contributed by atoms with E-state index in [4.69, 9.17) is 11.6 Å². The number of amides is 2. The average Bonchev–Trinajstić information content (AvgIpc) is 2.74. The van der Waals surface area contributed by atoms with Crippen LogP contribution in [0, 0.1) is 0 Å². The second-order valence-electron chi connectivity index (χ2n) is 6.32. The Labute approximate surface area is 174 Å². The van der Waals surface area contributed by atoms with E-state index in [0.29, 0.717) is 5.02 Å². The molecule has 0 spiro atoms. The van der Waals surface area contributed by atoms with Crippen molar-refractivity contribution >= 4 is 29.6 Å². The third-order valence-electron chi connectivity index (χ3n) is 4.20. The highest BCUT2D eigenvalue weighted by molar-refractivity contribution is 6.30. The summed E-state index contributed by atoms with van der Waals surface area (Å²) in [6.45, 7) is -0.179. The average molecular weight is 406 g/mol. The number of benzene rings is 3. The molecule has 0 aliphatic rings. The fraction of sp³-hybridized carbons (Fsp3) is 0.0870. The zero-order valence-electron chi connectivity index (χ0n) is 15.6. The number of nitrogens with zero attached hydrogens (tertiary/aromatic N) is 1.